The van der Waals surface area contributed by atoms with Crippen LogP contribution < -0.4 is 0 Å². The van der Waals surface area contributed by atoms with Gasteiger partial charge in [-0.2, -0.15) is 13.2 Å². The van der Waals surface area contributed by atoms with Crippen LogP contribution in [0.3, 0.4) is 0 Å². The maximum absolute atomic E-state index is 12.5. The van der Waals surface area contributed by atoms with Crippen molar-refractivity contribution < 1.29 is 32.2 Å². The number of ketones is 1. The van der Waals surface area contributed by atoms with Crippen LogP contribution in [-0.2, 0) is 20.4 Å². The first-order valence-corrected chi connectivity index (χ1v) is 6.40. The first kappa shape index (κ1) is 16.1. The lowest BCUT2D eigenvalue weighted by Gasteiger charge is -2.30. The minimum atomic E-state index is -4.45. The fraction of sp³-hybridized carbons (Fsp3) is 0.333. The number of alkyl halides is 3. The number of hydrogen-bond acceptors (Lipinski definition) is 4. The molecule has 0 amide bonds. The number of allylic oxidation sites excluding steroid dienone is 1. The van der Waals surface area contributed by atoms with Gasteiger partial charge in [0, 0.05) is 19.4 Å². The van der Waals surface area contributed by atoms with E-state index in [9.17, 15) is 22.8 Å². The van der Waals surface area contributed by atoms with Crippen molar-refractivity contribution in [2.24, 2.45) is 0 Å². The summed E-state index contributed by atoms with van der Waals surface area (Å²) in [4.78, 5) is 23.4. The SMILES string of the molecule is CC1(C)OC(=O)C=C(CC(=O)c2ccc(C(F)(F)F)cc2)O1. The summed E-state index contributed by atoms with van der Waals surface area (Å²) in [6.45, 7) is 3.03. The average Bonchev–Trinajstić information content (AvgIpc) is 2.35. The van der Waals surface area contributed by atoms with Gasteiger partial charge in [-0.05, 0) is 12.1 Å². The van der Waals surface area contributed by atoms with Gasteiger partial charge in [-0.3, -0.25) is 4.79 Å². The van der Waals surface area contributed by atoms with E-state index in [0.717, 1.165) is 30.3 Å². The van der Waals surface area contributed by atoms with Gasteiger partial charge in [-0.1, -0.05) is 12.1 Å². The molecule has 7 heteroatoms. The van der Waals surface area contributed by atoms with E-state index in [4.69, 9.17) is 9.47 Å². The number of halogens is 3. The summed E-state index contributed by atoms with van der Waals surface area (Å²) in [5.41, 5.74) is -0.726. The highest BCUT2D eigenvalue weighted by molar-refractivity contribution is 5.98. The Morgan fingerprint density at radius 2 is 1.73 bits per heavy atom. The fourth-order valence-corrected chi connectivity index (χ4v) is 1.96. The molecule has 0 aromatic heterocycles. The number of carbonyl (C=O) groups excluding carboxylic acids is 2. The van der Waals surface area contributed by atoms with Crippen molar-refractivity contribution >= 4 is 11.8 Å². The maximum Gasteiger partial charge on any atom is 0.416 e. The van der Waals surface area contributed by atoms with Gasteiger partial charge in [0.1, 0.15) is 5.76 Å². The molecule has 1 aliphatic rings. The number of hydrogen-bond donors (Lipinski definition) is 0. The molecule has 0 bridgehead atoms. The second kappa shape index (κ2) is 5.47. The summed E-state index contributed by atoms with van der Waals surface area (Å²) in [7, 11) is 0. The molecule has 0 radical (unpaired) electrons. The van der Waals surface area contributed by atoms with Gasteiger partial charge in [0.15, 0.2) is 5.78 Å². The van der Waals surface area contributed by atoms with Crippen molar-refractivity contribution in [2.75, 3.05) is 0 Å². The Kier molecular flexibility index (Phi) is 4.00. The van der Waals surface area contributed by atoms with Crippen molar-refractivity contribution in [3.05, 3.63) is 47.2 Å². The van der Waals surface area contributed by atoms with E-state index in [0.29, 0.717) is 0 Å². The molecule has 0 N–H and O–H groups in total. The van der Waals surface area contributed by atoms with Crippen LogP contribution in [0.5, 0.6) is 0 Å². The van der Waals surface area contributed by atoms with Gasteiger partial charge in [0.05, 0.1) is 18.1 Å². The first-order valence-electron chi connectivity index (χ1n) is 6.40. The van der Waals surface area contributed by atoms with Gasteiger partial charge in [-0.15, -0.1) is 0 Å². The number of rotatable bonds is 3. The second-order valence-electron chi connectivity index (χ2n) is 5.21. The largest absolute Gasteiger partial charge is 0.456 e. The molecule has 4 nitrogen and oxygen atoms in total. The third kappa shape index (κ3) is 3.87. The van der Waals surface area contributed by atoms with Crippen LogP contribution in [0.15, 0.2) is 36.1 Å². The summed E-state index contributed by atoms with van der Waals surface area (Å²) in [5, 5.41) is 0. The number of Topliss-reactive ketones (excluding diaryl/α,β-unsaturated/α-hetero) is 1. The highest BCUT2D eigenvalue weighted by Crippen LogP contribution is 2.30. The fourth-order valence-electron chi connectivity index (χ4n) is 1.96. The zero-order valence-electron chi connectivity index (χ0n) is 11.9. The van der Waals surface area contributed by atoms with Gasteiger partial charge in [0.2, 0.25) is 5.79 Å². The maximum atomic E-state index is 12.5. The van der Waals surface area contributed by atoms with Crippen LogP contribution in [0.4, 0.5) is 13.2 Å². The molecule has 1 aliphatic heterocycles. The van der Waals surface area contributed by atoms with Crippen molar-refractivity contribution in [1.82, 2.24) is 0 Å². The van der Waals surface area contributed by atoms with Crippen LogP contribution in [0, 0.1) is 0 Å². The van der Waals surface area contributed by atoms with Gasteiger partial charge < -0.3 is 9.47 Å². The normalized spacial score (nSPS) is 17.3. The van der Waals surface area contributed by atoms with Gasteiger partial charge in [0.25, 0.3) is 0 Å². The summed E-state index contributed by atoms with van der Waals surface area (Å²) < 4.78 is 47.6. The molecular formula is C15H13F3O4. The molecule has 0 spiro atoms. The van der Waals surface area contributed by atoms with Crippen molar-refractivity contribution in [1.29, 1.82) is 0 Å². The molecule has 0 unspecified atom stereocenters. The van der Waals surface area contributed by atoms with E-state index >= 15 is 0 Å². The standard InChI is InChI=1S/C15H13F3O4/c1-14(2)21-11(8-13(20)22-14)7-12(19)9-3-5-10(6-4-9)15(16,17)18/h3-6,8H,7H2,1-2H3. The van der Waals surface area contributed by atoms with Crippen molar-refractivity contribution in [3.8, 4) is 0 Å². The molecule has 22 heavy (non-hydrogen) atoms. The highest BCUT2D eigenvalue weighted by atomic mass is 19.4. The number of benzene rings is 1. The van der Waals surface area contributed by atoms with Crippen LogP contribution in [0.2, 0.25) is 0 Å². The van der Waals surface area contributed by atoms with E-state index in [1.54, 1.807) is 0 Å². The zero-order chi connectivity index (χ0) is 16.5. The van der Waals surface area contributed by atoms with Gasteiger partial charge in [-0.25, -0.2) is 4.79 Å². The van der Waals surface area contributed by atoms with Crippen LogP contribution >= 0.6 is 0 Å². The molecular weight excluding hydrogens is 301 g/mol. The number of cyclic esters (lactones) is 1. The second-order valence-corrected chi connectivity index (χ2v) is 5.21. The lowest BCUT2D eigenvalue weighted by atomic mass is 10.0. The summed E-state index contributed by atoms with van der Waals surface area (Å²) in [6.07, 6.45) is -3.64. The van der Waals surface area contributed by atoms with Crippen LogP contribution in [0.1, 0.15) is 36.2 Å². The summed E-state index contributed by atoms with van der Waals surface area (Å²) in [5.74, 6) is -2.15. The monoisotopic (exact) mass is 314 g/mol. The van der Waals surface area contributed by atoms with Crippen molar-refractivity contribution in [2.45, 2.75) is 32.2 Å². The van der Waals surface area contributed by atoms with Crippen LogP contribution in [-0.4, -0.2) is 17.5 Å². The molecule has 0 fully saturated rings. The Morgan fingerprint density at radius 3 is 2.23 bits per heavy atom. The number of esters is 1. The Balaban J connectivity index is 2.11. The topological polar surface area (TPSA) is 52.6 Å². The van der Waals surface area contributed by atoms with E-state index in [1.807, 2.05) is 0 Å². The van der Waals surface area contributed by atoms with Crippen molar-refractivity contribution in [3.63, 3.8) is 0 Å². The average molecular weight is 314 g/mol. The van der Waals surface area contributed by atoms with Crippen LogP contribution in [0.25, 0.3) is 0 Å². The quantitative estimate of drug-likeness (QED) is 0.633. The van der Waals surface area contributed by atoms with E-state index in [-0.39, 0.29) is 17.7 Å². The smallest absolute Gasteiger partial charge is 0.416 e. The Morgan fingerprint density at radius 1 is 1.14 bits per heavy atom. The number of ether oxygens (including phenoxy) is 2. The Labute approximate surface area is 124 Å². The molecule has 0 atom stereocenters. The molecule has 118 valence electrons. The van der Waals surface area contributed by atoms with E-state index in [2.05, 4.69) is 0 Å². The molecule has 1 aromatic rings. The lowest BCUT2D eigenvalue weighted by Crippen LogP contribution is -2.34. The van der Waals surface area contributed by atoms with E-state index in [1.165, 1.54) is 13.8 Å². The minimum Gasteiger partial charge on any atom is -0.456 e. The zero-order valence-corrected chi connectivity index (χ0v) is 11.9. The molecule has 1 aromatic carbocycles. The Hall–Kier alpha value is -2.31. The predicted octanol–water partition coefficient (Wildman–Crippen LogP) is 3.47. The molecule has 1 heterocycles. The Bertz CT molecular complexity index is 627. The molecule has 0 saturated heterocycles. The molecule has 0 aliphatic carbocycles. The highest BCUT2D eigenvalue weighted by Gasteiger charge is 2.32. The molecule has 0 saturated carbocycles. The number of carbonyl (C=O) groups is 2. The predicted molar refractivity (Wildman–Crippen MR) is 69.7 cm³/mol. The third-order valence-corrected chi connectivity index (χ3v) is 2.87. The minimum absolute atomic E-state index is 0.106. The first-order chi connectivity index (χ1) is 10.1. The summed E-state index contributed by atoms with van der Waals surface area (Å²) in [6, 6.07) is 3.86. The summed E-state index contributed by atoms with van der Waals surface area (Å²) >= 11 is 0. The van der Waals surface area contributed by atoms with E-state index < -0.39 is 29.3 Å². The third-order valence-electron chi connectivity index (χ3n) is 2.87. The lowest BCUT2D eigenvalue weighted by molar-refractivity contribution is -0.205. The van der Waals surface area contributed by atoms with Gasteiger partial charge >= 0.3 is 12.1 Å². The molecule has 2 rings (SSSR count).